The van der Waals surface area contributed by atoms with Crippen molar-refractivity contribution in [1.82, 2.24) is 15.5 Å². The number of ether oxygens (including phenoxy) is 1. The van der Waals surface area contributed by atoms with Crippen molar-refractivity contribution in [3.8, 4) is 0 Å². The lowest BCUT2D eigenvalue weighted by atomic mass is 9.98. The second-order valence-electron chi connectivity index (χ2n) is 10.9. The summed E-state index contributed by atoms with van der Waals surface area (Å²) in [6, 6.07) is 1.59. The minimum atomic E-state index is -1.06. The number of carbonyl (C=O) groups excluding carboxylic acids is 2. The van der Waals surface area contributed by atoms with Gasteiger partial charge in [-0.25, -0.2) is 8.78 Å². The third-order valence-corrected chi connectivity index (χ3v) is 7.54. The zero-order chi connectivity index (χ0) is 29.7. The Balaban J connectivity index is 2.15. The van der Waals surface area contributed by atoms with Crippen LogP contribution in [0.3, 0.4) is 0 Å². The Bertz CT molecular complexity index is 956. The molecule has 2 amide bonds. The lowest BCUT2D eigenvalue weighted by molar-refractivity contribution is -0.142. The van der Waals surface area contributed by atoms with Crippen LogP contribution < -0.4 is 10.6 Å². The van der Waals surface area contributed by atoms with Crippen LogP contribution in [0.15, 0.2) is 43.5 Å². The van der Waals surface area contributed by atoms with E-state index in [4.69, 9.17) is 4.74 Å². The highest BCUT2D eigenvalue weighted by Gasteiger charge is 2.32. The van der Waals surface area contributed by atoms with Crippen LogP contribution in [-0.4, -0.2) is 72.4 Å². The number of halogens is 2. The van der Waals surface area contributed by atoms with Gasteiger partial charge < -0.3 is 25.4 Å². The van der Waals surface area contributed by atoms with E-state index in [1.807, 2.05) is 6.92 Å². The van der Waals surface area contributed by atoms with E-state index >= 15 is 0 Å². The molecule has 0 aromatic heterocycles. The van der Waals surface area contributed by atoms with Gasteiger partial charge in [-0.2, -0.15) is 0 Å². The van der Waals surface area contributed by atoms with E-state index in [0.29, 0.717) is 12.2 Å². The Morgan fingerprint density at radius 2 is 1.90 bits per heavy atom. The van der Waals surface area contributed by atoms with Crippen LogP contribution in [0.5, 0.6) is 0 Å². The summed E-state index contributed by atoms with van der Waals surface area (Å²) >= 11 is 0. The summed E-state index contributed by atoms with van der Waals surface area (Å²) in [6.07, 6.45) is 7.73. The number of likely N-dealkylation sites (N-methyl/N-ethyl adjacent to an activating group) is 1. The molecule has 3 N–H and O–H groups in total. The quantitative estimate of drug-likeness (QED) is 0.232. The molecule has 1 aromatic rings. The number of hydrogen-bond donors (Lipinski definition) is 3. The molecule has 0 radical (unpaired) electrons. The molecular weight excluding hydrogens is 516 g/mol. The van der Waals surface area contributed by atoms with Crippen LogP contribution in [0, 0.1) is 17.6 Å². The first-order chi connectivity index (χ1) is 19.1. The molecule has 0 saturated heterocycles. The largest absolute Gasteiger partial charge is 0.390 e. The first-order valence-electron chi connectivity index (χ1n) is 14.4. The van der Waals surface area contributed by atoms with E-state index in [9.17, 15) is 23.5 Å². The van der Waals surface area contributed by atoms with Crippen LogP contribution in [0.4, 0.5) is 8.78 Å². The smallest absolute Gasteiger partial charge is 0.243 e. The minimum Gasteiger partial charge on any atom is -0.390 e. The summed E-state index contributed by atoms with van der Waals surface area (Å²) in [5.41, 5.74) is 0.304. The Morgan fingerprint density at radius 3 is 2.52 bits per heavy atom. The Morgan fingerprint density at radius 1 is 1.20 bits per heavy atom. The summed E-state index contributed by atoms with van der Waals surface area (Å²) < 4.78 is 33.6. The van der Waals surface area contributed by atoms with Crippen molar-refractivity contribution in [3.63, 3.8) is 0 Å². The van der Waals surface area contributed by atoms with Crippen molar-refractivity contribution in [3.05, 3.63) is 60.7 Å². The highest BCUT2D eigenvalue weighted by molar-refractivity contribution is 5.88. The van der Waals surface area contributed by atoms with Gasteiger partial charge in [0.2, 0.25) is 11.8 Å². The van der Waals surface area contributed by atoms with Gasteiger partial charge in [0, 0.05) is 31.6 Å². The molecule has 224 valence electrons. The average Bonchev–Trinajstić information content (AvgIpc) is 3.38. The van der Waals surface area contributed by atoms with Crippen LogP contribution in [-0.2, 0) is 20.7 Å². The summed E-state index contributed by atoms with van der Waals surface area (Å²) in [6.45, 7) is 12.0. The van der Waals surface area contributed by atoms with Gasteiger partial charge in [0.05, 0.1) is 24.9 Å². The number of nitrogens with one attached hydrogen (secondary N) is 2. The van der Waals surface area contributed by atoms with Gasteiger partial charge in [-0.1, -0.05) is 38.8 Å². The lowest BCUT2D eigenvalue weighted by Crippen LogP contribution is -2.55. The molecule has 2 rings (SSSR count). The van der Waals surface area contributed by atoms with Crippen molar-refractivity contribution in [1.29, 1.82) is 0 Å². The van der Waals surface area contributed by atoms with Crippen LogP contribution in [0.25, 0.3) is 0 Å². The molecule has 1 aliphatic rings. The maximum absolute atomic E-state index is 13.9. The van der Waals surface area contributed by atoms with Crippen molar-refractivity contribution in [2.24, 2.45) is 5.92 Å². The zero-order valence-corrected chi connectivity index (χ0v) is 24.2. The van der Waals surface area contributed by atoms with Gasteiger partial charge in [-0.15, -0.1) is 13.2 Å². The van der Waals surface area contributed by atoms with Crippen LogP contribution in [0.2, 0.25) is 0 Å². The number of aliphatic hydroxyl groups excluding tert-OH is 1. The number of amides is 2. The van der Waals surface area contributed by atoms with Gasteiger partial charge in [0.15, 0.2) is 0 Å². The number of aliphatic hydroxyl groups is 1. The van der Waals surface area contributed by atoms with Crippen molar-refractivity contribution in [2.75, 3.05) is 20.2 Å². The van der Waals surface area contributed by atoms with E-state index < -0.39 is 35.7 Å². The van der Waals surface area contributed by atoms with Gasteiger partial charge in [-0.3, -0.25) is 9.59 Å². The summed E-state index contributed by atoms with van der Waals surface area (Å²) in [7, 11) is 1.60. The first-order valence-corrected chi connectivity index (χ1v) is 14.4. The molecule has 1 fully saturated rings. The normalized spacial score (nSPS) is 19.9. The molecule has 1 saturated carbocycles. The van der Waals surface area contributed by atoms with E-state index in [1.165, 1.54) is 17.0 Å². The fourth-order valence-electron chi connectivity index (χ4n) is 5.19. The molecule has 0 heterocycles. The first kappa shape index (κ1) is 33.6. The van der Waals surface area contributed by atoms with Crippen molar-refractivity contribution >= 4 is 11.8 Å². The molecule has 1 aliphatic carbocycles. The molecule has 1 aromatic carbocycles. The number of rotatable bonds is 18. The van der Waals surface area contributed by atoms with Gasteiger partial charge >= 0.3 is 0 Å². The third-order valence-electron chi connectivity index (χ3n) is 7.54. The van der Waals surface area contributed by atoms with Gasteiger partial charge in [0.1, 0.15) is 17.7 Å². The maximum atomic E-state index is 13.9. The lowest BCUT2D eigenvalue weighted by Gasteiger charge is -2.32. The number of carbonyl (C=O) groups is 2. The van der Waals surface area contributed by atoms with Crippen LogP contribution in [0.1, 0.15) is 64.4 Å². The number of hydrogen-bond acceptors (Lipinski definition) is 5. The fourth-order valence-corrected chi connectivity index (χ4v) is 5.19. The third kappa shape index (κ3) is 10.7. The Hall–Kier alpha value is -2.62. The standard InChI is InChI=1S/C31H47F2N3O4/c1-6-9-11-21(4)31(39)36(5)28(10-7-2)30(38)35-27(17-22-15-23(32)18-24(33)16-22)29(37)20-34-25-12-13-26(19-25)40-14-8-3/h7-8,15-16,18,21,25-29,34,37H,2-3,6,9-14,17,19-20H2,1,4-5H3,(H,35,38)/t21-,25+,26-,27-,28-,29-/m0/s1. The molecule has 0 spiro atoms. The molecule has 40 heavy (non-hydrogen) atoms. The zero-order valence-electron chi connectivity index (χ0n) is 24.2. The Labute approximate surface area is 238 Å². The summed E-state index contributed by atoms with van der Waals surface area (Å²) in [5, 5.41) is 17.4. The molecule has 6 atom stereocenters. The number of unbranched alkanes of at least 4 members (excludes halogenated alkanes) is 1. The predicted molar refractivity (Wildman–Crippen MR) is 154 cm³/mol. The second kappa shape index (κ2) is 17.3. The van der Waals surface area contributed by atoms with E-state index in [0.717, 1.165) is 44.6 Å². The maximum Gasteiger partial charge on any atom is 0.243 e. The monoisotopic (exact) mass is 563 g/mol. The van der Waals surface area contributed by atoms with Gasteiger partial charge in [-0.05, 0) is 56.2 Å². The molecular formula is C31H47F2N3O4. The Kier molecular flexibility index (Phi) is 14.5. The predicted octanol–water partition coefficient (Wildman–Crippen LogP) is 4.30. The molecule has 0 bridgehead atoms. The SMILES string of the molecule is C=CCO[C@H]1CC[C@@H](NC[C@H](O)[C@H](Cc2cc(F)cc(F)c2)NC(=O)[C@H](CC=C)N(C)C(=O)[C@@H](C)CCCC)C1. The molecule has 9 heteroatoms. The van der Waals surface area contributed by atoms with E-state index in [-0.39, 0.29) is 43.4 Å². The van der Waals surface area contributed by atoms with Crippen molar-refractivity contribution < 1.29 is 28.2 Å². The molecule has 7 nitrogen and oxygen atoms in total. The number of benzene rings is 1. The average molecular weight is 564 g/mol. The summed E-state index contributed by atoms with van der Waals surface area (Å²) in [5.74, 6) is -2.31. The van der Waals surface area contributed by atoms with E-state index in [1.54, 1.807) is 19.2 Å². The van der Waals surface area contributed by atoms with Crippen LogP contribution >= 0.6 is 0 Å². The summed E-state index contributed by atoms with van der Waals surface area (Å²) in [4.78, 5) is 28.0. The highest BCUT2D eigenvalue weighted by atomic mass is 19.1. The van der Waals surface area contributed by atoms with E-state index in [2.05, 4.69) is 30.7 Å². The van der Waals surface area contributed by atoms with Crippen molar-refractivity contribution in [2.45, 2.75) is 95.5 Å². The second-order valence-corrected chi connectivity index (χ2v) is 10.9. The van der Waals surface area contributed by atoms with Gasteiger partial charge in [0.25, 0.3) is 0 Å². The number of nitrogens with zero attached hydrogens (tertiary/aromatic N) is 1. The molecule has 0 aliphatic heterocycles. The highest BCUT2D eigenvalue weighted by Crippen LogP contribution is 2.22. The minimum absolute atomic E-state index is 0.00434. The fraction of sp³-hybridized carbons (Fsp3) is 0.613. The topological polar surface area (TPSA) is 90.9 Å². The molecule has 0 unspecified atom stereocenters.